The fourth-order valence-corrected chi connectivity index (χ4v) is 1.54. The number of carboxylic acids is 1. The van der Waals surface area contributed by atoms with E-state index >= 15 is 0 Å². The van der Waals surface area contributed by atoms with E-state index in [1.807, 2.05) is 0 Å². The smallest absolute Gasteiger partial charge is 0.337 e. The third-order valence-corrected chi connectivity index (χ3v) is 2.47. The van der Waals surface area contributed by atoms with E-state index in [-0.39, 0.29) is 16.8 Å². The number of carboxylic acid groups (broad SMARTS) is 1. The zero-order valence-electron chi connectivity index (χ0n) is 9.68. The van der Waals surface area contributed by atoms with Crippen molar-refractivity contribution in [2.45, 2.75) is 0 Å². The van der Waals surface area contributed by atoms with E-state index < -0.39 is 17.6 Å². The van der Waals surface area contributed by atoms with Crippen molar-refractivity contribution in [3.8, 4) is 0 Å². The first kappa shape index (κ1) is 12.9. The molecule has 0 radical (unpaired) electrons. The molecule has 0 aliphatic heterocycles. The van der Waals surface area contributed by atoms with Crippen LogP contribution in [0.4, 0.5) is 14.5 Å². The second kappa shape index (κ2) is 5.39. The van der Waals surface area contributed by atoms with Crippen LogP contribution in [-0.4, -0.2) is 17.3 Å². The first-order valence-corrected chi connectivity index (χ1v) is 5.40. The minimum Gasteiger partial charge on any atom is -0.478 e. The monoisotopic (exact) mass is 261 g/mol. The highest BCUT2D eigenvalue weighted by molar-refractivity contribution is 5.95. The highest BCUT2D eigenvalue weighted by Crippen LogP contribution is 2.19. The molecule has 0 saturated carbocycles. The van der Waals surface area contributed by atoms with E-state index in [9.17, 15) is 13.6 Å². The Morgan fingerprint density at radius 3 is 2.32 bits per heavy atom. The van der Waals surface area contributed by atoms with Crippen LogP contribution in [0.15, 0.2) is 47.5 Å². The molecule has 0 saturated heterocycles. The number of carbonyl (C=O) groups is 1. The Labute approximate surface area is 107 Å². The van der Waals surface area contributed by atoms with Crippen molar-refractivity contribution >= 4 is 17.9 Å². The zero-order chi connectivity index (χ0) is 13.8. The molecule has 0 amide bonds. The van der Waals surface area contributed by atoms with Crippen LogP contribution in [0.2, 0.25) is 0 Å². The number of halogens is 2. The third kappa shape index (κ3) is 2.82. The van der Waals surface area contributed by atoms with E-state index in [1.165, 1.54) is 18.2 Å². The van der Waals surface area contributed by atoms with E-state index in [1.54, 1.807) is 12.1 Å². The standard InChI is InChI=1S/C14H9F2NO2/c15-11-5-3-6-12(16)10(11)8-17-13-7-2-1-4-9(13)14(18)19/h1-8H,(H,18,19). The maximum absolute atomic E-state index is 13.4. The molecule has 0 unspecified atom stereocenters. The Balaban J connectivity index is 2.41. The molecule has 96 valence electrons. The van der Waals surface area contributed by atoms with Gasteiger partial charge in [-0.3, -0.25) is 4.99 Å². The molecular formula is C14H9F2NO2. The normalized spacial score (nSPS) is 10.8. The number of aliphatic imine (C=N–C) groups is 1. The lowest BCUT2D eigenvalue weighted by Gasteiger charge is -2.01. The van der Waals surface area contributed by atoms with Crippen LogP contribution in [0.5, 0.6) is 0 Å². The molecule has 0 bridgehead atoms. The largest absolute Gasteiger partial charge is 0.478 e. The summed E-state index contributed by atoms with van der Waals surface area (Å²) < 4.78 is 26.7. The van der Waals surface area contributed by atoms with Gasteiger partial charge in [-0.1, -0.05) is 18.2 Å². The molecule has 0 aromatic heterocycles. The summed E-state index contributed by atoms with van der Waals surface area (Å²) >= 11 is 0. The molecule has 5 heteroatoms. The average Bonchev–Trinajstić information content (AvgIpc) is 2.38. The molecule has 0 fully saturated rings. The molecular weight excluding hydrogens is 252 g/mol. The fraction of sp³-hybridized carbons (Fsp3) is 0. The average molecular weight is 261 g/mol. The van der Waals surface area contributed by atoms with Crippen LogP contribution in [0.3, 0.4) is 0 Å². The van der Waals surface area contributed by atoms with Gasteiger partial charge in [-0.25, -0.2) is 13.6 Å². The van der Waals surface area contributed by atoms with Gasteiger partial charge in [0.15, 0.2) is 0 Å². The van der Waals surface area contributed by atoms with Crippen molar-refractivity contribution in [2.24, 2.45) is 4.99 Å². The molecule has 0 aliphatic carbocycles. The van der Waals surface area contributed by atoms with Crippen molar-refractivity contribution in [1.82, 2.24) is 0 Å². The van der Waals surface area contributed by atoms with E-state index in [2.05, 4.69) is 4.99 Å². The summed E-state index contributed by atoms with van der Waals surface area (Å²) in [6, 6.07) is 9.42. The van der Waals surface area contributed by atoms with Gasteiger partial charge in [0.05, 0.1) is 16.8 Å². The predicted octanol–water partition coefficient (Wildman–Crippen LogP) is 3.41. The van der Waals surface area contributed by atoms with Crippen molar-refractivity contribution in [3.05, 3.63) is 65.2 Å². The zero-order valence-corrected chi connectivity index (χ0v) is 9.68. The number of benzene rings is 2. The summed E-state index contributed by atoms with van der Waals surface area (Å²) in [4.78, 5) is 14.8. The van der Waals surface area contributed by atoms with Crippen LogP contribution >= 0.6 is 0 Å². The van der Waals surface area contributed by atoms with E-state index in [0.717, 1.165) is 18.3 Å². The summed E-state index contributed by atoms with van der Waals surface area (Å²) in [5.41, 5.74) is -0.198. The highest BCUT2D eigenvalue weighted by atomic mass is 19.1. The molecule has 1 N–H and O–H groups in total. The van der Waals surface area contributed by atoms with Gasteiger partial charge in [0.1, 0.15) is 11.6 Å². The number of para-hydroxylation sites is 1. The van der Waals surface area contributed by atoms with Gasteiger partial charge < -0.3 is 5.11 Å². The summed E-state index contributed by atoms with van der Waals surface area (Å²) in [6.45, 7) is 0. The van der Waals surface area contributed by atoms with Gasteiger partial charge in [0.2, 0.25) is 0 Å². The molecule has 0 spiro atoms. The van der Waals surface area contributed by atoms with Gasteiger partial charge >= 0.3 is 5.97 Å². The highest BCUT2D eigenvalue weighted by Gasteiger charge is 2.09. The number of nitrogens with zero attached hydrogens (tertiary/aromatic N) is 1. The SMILES string of the molecule is O=C(O)c1ccccc1N=Cc1c(F)cccc1F. The lowest BCUT2D eigenvalue weighted by molar-refractivity contribution is 0.0698. The first-order chi connectivity index (χ1) is 9.09. The minimum absolute atomic E-state index is 0.0319. The molecule has 2 rings (SSSR count). The molecule has 0 atom stereocenters. The van der Waals surface area contributed by atoms with Crippen LogP contribution in [0.25, 0.3) is 0 Å². The van der Waals surface area contributed by atoms with Crippen molar-refractivity contribution in [3.63, 3.8) is 0 Å². The summed E-state index contributed by atoms with van der Waals surface area (Å²) in [5.74, 6) is -2.66. The summed E-state index contributed by atoms with van der Waals surface area (Å²) in [7, 11) is 0. The molecule has 2 aromatic carbocycles. The topological polar surface area (TPSA) is 49.7 Å². The van der Waals surface area contributed by atoms with Gasteiger partial charge in [-0.05, 0) is 24.3 Å². The number of hydrogen-bond acceptors (Lipinski definition) is 2. The number of hydrogen-bond donors (Lipinski definition) is 1. The Morgan fingerprint density at radius 2 is 1.68 bits per heavy atom. The predicted molar refractivity (Wildman–Crippen MR) is 67.0 cm³/mol. The minimum atomic E-state index is -1.15. The Morgan fingerprint density at radius 1 is 1.05 bits per heavy atom. The van der Waals surface area contributed by atoms with Gasteiger partial charge in [0, 0.05) is 6.21 Å². The Kier molecular flexibility index (Phi) is 3.66. The first-order valence-electron chi connectivity index (χ1n) is 5.40. The molecule has 3 nitrogen and oxygen atoms in total. The van der Waals surface area contributed by atoms with Crippen molar-refractivity contribution in [1.29, 1.82) is 0 Å². The fourth-order valence-electron chi connectivity index (χ4n) is 1.54. The maximum atomic E-state index is 13.4. The van der Waals surface area contributed by atoms with Gasteiger partial charge in [-0.2, -0.15) is 0 Å². The van der Waals surface area contributed by atoms with Crippen LogP contribution in [0, 0.1) is 11.6 Å². The third-order valence-electron chi connectivity index (χ3n) is 2.47. The summed E-state index contributed by atoms with van der Waals surface area (Å²) in [6.07, 6.45) is 0.979. The molecule has 0 aliphatic rings. The lowest BCUT2D eigenvalue weighted by Crippen LogP contribution is -1.97. The summed E-state index contributed by atoms with van der Waals surface area (Å²) in [5, 5.41) is 8.95. The number of rotatable bonds is 3. The van der Waals surface area contributed by atoms with Crippen molar-refractivity contribution < 1.29 is 18.7 Å². The molecule has 2 aromatic rings. The van der Waals surface area contributed by atoms with E-state index in [4.69, 9.17) is 5.11 Å². The van der Waals surface area contributed by atoms with Crippen LogP contribution < -0.4 is 0 Å². The van der Waals surface area contributed by atoms with Crippen molar-refractivity contribution in [2.75, 3.05) is 0 Å². The Hall–Kier alpha value is -2.56. The molecule has 0 heterocycles. The van der Waals surface area contributed by atoms with E-state index in [0.29, 0.717) is 0 Å². The van der Waals surface area contributed by atoms with Crippen LogP contribution in [0.1, 0.15) is 15.9 Å². The van der Waals surface area contributed by atoms with Gasteiger partial charge in [-0.15, -0.1) is 0 Å². The lowest BCUT2D eigenvalue weighted by atomic mass is 10.2. The second-order valence-corrected chi connectivity index (χ2v) is 3.72. The molecule has 19 heavy (non-hydrogen) atoms. The maximum Gasteiger partial charge on any atom is 0.337 e. The Bertz CT molecular complexity index is 633. The second-order valence-electron chi connectivity index (χ2n) is 3.72. The quantitative estimate of drug-likeness (QED) is 0.861. The van der Waals surface area contributed by atoms with Crippen LogP contribution in [-0.2, 0) is 0 Å². The van der Waals surface area contributed by atoms with Gasteiger partial charge in [0.25, 0.3) is 0 Å². The number of aromatic carboxylic acids is 1.